The summed E-state index contributed by atoms with van der Waals surface area (Å²) in [6, 6.07) is 30.1. The maximum Gasteiger partial charge on any atom is 0.311 e. The number of nitrogens with one attached hydrogen (secondary N) is 3. The fourth-order valence-electron chi connectivity index (χ4n) is 4.88. The second kappa shape index (κ2) is 18.4. The van der Waals surface area contributed by atoms with Gasteiger partial charge in [0.1, 0.15) is 10.9 Å². The number of carbonyl (C=O) groups is 4. The zero-order valence-electron chi connectivity index (χ0n) is 28.6. The molecule has 5 aromatic rings. The molecule has 1 heterocycles. The van der Waals surface area contributed by atoms with Crippen molar-refractivity contribution < 1.29 is 33.4 Å². The number of benzene rings is 4. The van der Waals surface area contributed by atoms with Crippen molar-refractivity contribution in [2.24, 2.45) is 0 Å². The summed E-state index contributed by atoms with van der Waals surface area (Å²) in [5.41, 5.74) is 2.76. The summed E-state index contributed by atoms with van der Waals surface area (Å²) in [6.07, 6.45) is 1.57. The Morgan fingerprint density at radius 3 is 2.21 bits per heavy atom. The Bertz CT molecular complexity index is 2040. The van der Waals surface area contributed by atoms with Gasteiger partial charge in [-0.1, -0.05) is 54.6 Å². The monoisotopic (exact) mass is 736 g/mol. The van der Waals surface area contributed by atoms with Gasteiger partial charge in [0.05, 0.1) is 32.9 Å². The van der Waals surface area contributed by atoms with E-state index in [4.69, 9.17) is 14.2 Å². The number of thiazole rings is 1. The summed E-state index contributed by atoms with van der Waals surface area (Å²) in [4.78, 5) is 57.3. The van der Waals surface area contributed by atoms with Crippen molar-refractivity contribution in [2.75, 3.05) is 31.5 Å². The summed E-state index contributed by atoms with van der Waals surface area (Å²) in [5.74, 6) is -0.687. The molecule has 13 heteroatoms. The largest absolute Gasteiger partial charge is 0.493 e. The van der Waals surface area contributed by atoms with Crippen LogP contribution in [0.15, 0.2) is 119 Å². The van der Waals surface area contributed by atoms with E-state index in [-0.39, 0.29) is 30.6 Å². The number of carbonyl (C=O) groups excluding carboxylic acids is 4. The Morgan fingerprint density at radius 2 is 1.54 bits per heavy atom. The van der Waals surface area contributed by atoms with Crippen molar-refractivity contribution in [1.29, 1.82) is 0 Å². The Hall–Kier alpha value is -5.92. The average molecular weight is 737 g/mol. The van der Waals surface area contributed by atoms with Crippen LogP contribution in [0.2, 0.25) is 0 Å². The predicted octanol–water partition coefficient (Wildman–Crippen LogP) is 7.15. The van der Waals surface area contributed by atoms with Crippen molar-refractivity contribution in [3.63, 3.8) is 0 Å². The third kappa shape index (κ3) is 10.3. The highest BCUT2D eigenvalue weighted by Crippen LogP contribution is 2.37. The predicted molar refractivity (Wildman–Crippen MR) is 203 cm³/mol. The summed E-state index contributed by atoms with van der Waals surface area (Å²) in [6.45, 7) is 2.02. The Morgan fingerprint density at radius 1 is 0.846 bits per heavy atom. The molecule has 0 saturated carbocycles. The van der Waals surface area contributed by atoms with Crippen LogP contribution >= 0.6 is 23.1 Å². The first kappa shape index (κ1) is 37.3. The zero-order valence-corrected chi connectivity index (χ0v) is 30.2. The van der Waals surface area contributed by atoms with Crippen LogP contribution in [0.4, 0.5) is 10.8 Å². The van der Waals surface area contributed by atoms with Crippen LogP contribution in [-0.4, -0.2) is 49.5 Å². The summed E-state index contributed by atoms with van der Waals surface area (Å²) in [5, 5.41) is 9.92. The lowest BCUT2D eigenvalue weighted by molar-refractivity contribution is -0.142. The molecule has 1 unspecified atom stereocenters. The van der Waals surface area contributed by atoms with E-state index in [1.165, 1.54) is 37.3 Å². The minimum absolute atomic E-state index is 0.00735. The first-order chi connectivity index (χ1) is 25.3. The highest BCUT2D eigenvalue weighted by atomic mass is 32.2. The average Bonchev–Trinajstić information content (AvgIpc) is 3.60. The molecule has 0 bridgehead atoms. The molecule has 11 nitrogen and oxygen atoms in total. The number of thioether (sulfide) groups is 1. The van der Waals surface area contributed by atoms with Crippen LogP contribution in [0.3, 0.4) is 0 Å². The molecule has 0 aliphatic carbocycles. The van der Waals surface area contributed by atoms with Gasteiger partial charge in [-0.2, -0.15) is 0 Å². The molecular weight excluding hydrogens is 701 g/mol. The van der Waals surface area contributed by atoms with Crippen LogP contribution in [0, 0.1) is 0 Å². The van der Waals surface area contributed by atoms with E-state index >= 15 is 0 Å². The molecule has 1 atom stereocenters. The van der Waals surface area contributed by atoms with Crippen LogP contribution < -0.4 is 25.4 Å². The van der Waals surface area contributed by atoms with Crippen molar-refractivity contribution in [2.45, 2.75) is 23.5 Å². The number of hydrogen-bond donors (Lipinski definition) is 3. The van der Waals surface area contributed by atoms with Gasteiger partial charge in [-0.3, -0.25) is 19.2 Å². The third-order valence-corrected chi connectivity index (χ3v) is 9.44. The fraction of sp³-hybridized carbons (Fsp3) is 0.154. The second-order valence-corrected chi connectivity index (χ2v) is 13.0. The second-order valence-electron chi connectivity index (χ2n) is 11.0. The molecule has 0 aliphatic rings. The van der Waals surface area contributed by atoms with E-state index in [1.54, 1.807) is 91.2 Å². The molecule has 0 fully saturated rings. The molecule has 0 radical (unpaired) electrons. The highest BCUT2D eigenvalue weighted by molar-refractivity contribution is 8.00. The number of aromatic nitrogens is 1. The molecule has 3 amide bonds. The molecule has 5 rings (SSSR count). The summed E-state index contributed by atoms with van der Waals surface area (Å²) >= 11 is 2.56. The molecule has 52 heavy (non-hydrogen) atoms. The highest BCUT2D eigenvalue weighted by Gasteiger charge is 2.24. The van der Waals surface area contributed by atoms with Crippen LogP contribution in [0.1, 0.15) is 39.4 Å². The zero-order chi connectivity index (χ0) is 36.9. The Balaban J connectivity index is 1.32. The number of methoxy groups -OCH3 is 2. The number of nitrogens with zero attached hydrogens (tertiary/aromatic N) is 1. The van der Waals surface area contributed by atoms with Crippen molar-refractivity contribution in [1.82, 2.24) is 10.3 Å². The summed E-state index contributed by atoms with van der Waals surface area (Å²) in [7, 11) is 3.04. The topological polar surface area (TPSA) is 145 Å². The molecule has 1 aromatic heterocycles. The van der Waals surface area contributed by atoms with Crippen molar-refractivity contribution >= 4 is 63.7 Å². The van der Waals surface area contributed by atoms with Crippen LogP contribution in [0.25, 0.3) is 6.08 Å². The quantitative estimate of drug-likeness (QED) is 0.0580. The molecule has 4 aromatic carbocycles. The van der Waals surface area contributed by atoms with Gasteiger partial charge in [0.15, 0.2) is 16.6 Å². The number of esters is 1. The molecule has 266 valence electrons. The summed E-state index contributed by atoms with van der Waals surface area (Å²) < 4.78 is 15.7. The number of rotatable bonds is 15. The van der Waals surface area contributed by atoms with Gasteiger partial charge in [0.25, 0.3) is 11.8 Å². The number of ether oxygens (including phenoxy) is 3. The lowest BCUT2D eigenvalue weighted by atomic mass is 10.1. The Labute approximate surface area is 309 Å². The van der Waals surface area contributed by atoms with E-state index in [0.717, 1.165) is 10.5 Å². The molecule has 0 saturated heterocycles. The van der Waals surface area contributed by atoms with E-state index in [1.807, 2.05) is 30.3 Å². The van der Waals surface area contributed by atoms with Crippen LogP contribution in [0.5, 0.6) is 11.5 Å². The minimum atomic E-state index is -0.636. The lowest BCUT2D eigenvalue weighted by Crippen LogP contribution is -2.30. The fourth-order valence-corrected chi connectivity index (χ4v) is 6.62. The molecule has 0 aliphatic heterocycles. The number of hydrogen-bond acceptors (Lipinski definition) is 10. The SMILES string of the molecule is CCOC(=O)Cc1csc(NC(=O)C(Sc2ccc(NC(=O)/C(=C/c3ccc(OC)c(OC)c3)NC(=O)c3ccccc3)cc2)c2ccccc2)n1. The molecule has 0 spiro atoms. The van der Waals surface area contributed by atoms with Gasteiger partial charge in [-0.25, -0.2) is 4.98 Å². The van der Waals surface area contributed by atoms with E-state index in [0.29, 0.717) is 39.1 Å². The molecule has 3 N–H and O–H groups in total. The number of anilines is 2. The smallest absolute Gasteiger partial charge is 0.311 e. The standard InChI is InChI=1S/C39H36N4O7S2/c1-4-50-34(44)23-29-24-51-39(41-29)43-38(47)35(26-11-7-5-8-12-26)52-30-18-16-28(17-19-30)40-37(46)31(42-36(45)27-13-9-6-10-14-27)21-25-15-20-32(48-2)33(22-25)49-3/h5-22,24,35H,4,23H2,1-3H3,(H,40,46)(H,42,45)(H,41,43,47)/b31-21-. The number of amides is 3. The van der Waals surface area contributed by atoms with Gasteiger partial charge < -0.3 is 30.2 Å². The van der Waals surface area contributed by atoms with Crippen molar-refractivity contribution in [3.8, 4) is 11.5 Å². The van der Waals surface area contributed by atoms with Gasteiger partial charge >= 0.3 is 5.97 Å². The normalized spacial score (nSPS) is 11.6. The third-order valence-electron chi connectivity index (χ3n) is 7.37. The van der Waals surface area contributed by atoms with E-state index < -0.39 is 17.1 Å². The lowest BCUT2D eigenvalue weighted by Gasteiger charge is -2.17. The van der Waals surface area contributed by atoms with Gasteiger partial charge in [0, 0.05) is 21.5 Å². The Kier molecular flexibility index (Phi) is 13.2. The van der Waals surface area contributed by atoms with Gasteiger partial charge in [-0.05, 0) is 72.7 Å². The van der Waals surface area contributed by atoms with E-state index in [9.17, 15) is 19.2 Å². The van der Waals surface area contributed by atoms with Crippen LogP contribution in [-0.2, 0) is 25.5 Å². The first-order valence-electron chi connectivity index (χ1n) is 16.1. The minimum Gasteiger partial charge on any atom is -0.493 e. The van der Waals surface area contributed by atoms with Gasteiger partial charge in [0.2, 0.25) is 5.91 Å². The van der Waals surface area contributed by atoms with Crippen molar-refractivity contribution in [3.05, 3.63) is 137 Å². The first-order valence-corrected chi connectivity index (χ1v) is 17.9. The van der Waals surface area contributed by atoms with Gasteiger partial charge in [-0.15, -0.1) is 23.1 Å². The van der Waals surface area contributed by atoms with E-state index in [2.05, 4.69) is 20.9 Å². The maximum atomic E-state index is 13.6. The molecular formula is C39H36N4O7S2. The maximum absolute atomic E-state index is 13.6.